The Kier molecular flexibility index (Phi) is 8.89. The van der Waals surface area contributed by atoms with Gasteiger partial charge in [-0.15, -0.1) is 0 Å². The zero-order valence-electron chi connectivity index (χ0n) is 13.4. The standard InChI is InChI=1S/C16H15N2O4.2BrH.Pt/c1-3-19-13-9-17-15(21-13)11-6-5-7-12(8-11)16-18-10-14(22-16)20-4-2;;;/h5-7,9-10H,3-4H2,1-2H3;2*1H;/q;;;+2/p-2. The van der Waals surface area contributed by atoms with Gasteiger partial charge in [0.15, 0.2) is 0 Å². The molecule has 3 aromatic rings. The average molecular weight is 654 g/mol. The van der Waals surface area contributed by atoms with E-state index < -0.39 is 0 Å². The molecule has 0 N–H and O–H groups in total. The fraction of sp³-hybridized carbons (Fsp3) is 0.250. The van der Waals surface area contributed by atoms with Gasteiger partial charge in [0.2, 0.25) is 0 Å². The molecule has 0 radical (unpaired) electrons. The largest absolute Gasteiger partial charge is 1.00 e. The summed E-state index contributed by atoms with van der Waals surface area (Å²) >= 11 is 2.21. The number of ether oxygens (including phenoxy) is 2. The van der Waals surface area contributed by atoms with Gasteiger partial charge in [0.05, 0.1) is 0 Å². The van der Waals surface area contributed by atoms with Crippen LogP contribution in [0.25, 0.3) is 22.9 Å². The number of oxazole rings is 2. The van der Waals surface area contributed by atoms with Crippen molar-refractivity contribution in [2.45, 2.75) is 13.8 Å². The molecule has 2 aromatic heterocycles. The monoisotopic (exact) mass is 652 g/mol. The molecule has 9 heteroatoms. The van der Waals surface area contributed by atoms with Crippen molar-refractivity contribution < 1.29 is 72.1 Å². The number of rotatable bonds is 6. The minimum atomic E-state index is 0. The summed E-state index contributed by atoms with van der Waals surface area (Å²) in [5.74, 6) is 1.80. The van der Waals surface area contributed by atoms with Gasteiger partial charge < -0.3 is 34.0 Å². The first-order valence-corrected chi connectivity index (χ1v) is 8.30. The Morgan fingerprint density at radius 1 is 0.880 bits per heavy atom. The van der Waals surface area contributed by atoms with Crippen LogP contribution in [0.3, 0.4) is 0 Å². The smallest absolute Gasteiger partial charge is 1.00 e. The maximum Gasteiger partial charge on any atom is -1.00 e. The van der Waals surface area contributed by atoms with Crippen LogP contribution in [0.2, 0.25) is 0 Å². The second-order valence-electron chi connectivity index (χ2n) is 4.47. The molecule has 0 aliphatic carbocycles. The quantitative estimate of drug-likeness (QED) is 0.282. The molecule has 137 valence electrons. The summed E-state index contributed by atoms with van der Waals surface area (Å²) in [5, 5.41) is 0. The molecule has 0 aliphatic rings. The van der Waals surface area contributed by atoms with E-state index in [9.17, 15) is 0 Å². The predicted octanol–water partition coefficient (Wildman–Crippen LogP) is -3.03. The van der Waals surface area contributed by atoms with Crippen LogP contribution in [0.5, 0.6) is 11.9 Å². The molecule has 1 aromatic carbocycles. The molecule has 0 aliphatic heterocycles. The van der Waals surface area contributed by atoms with Crippen molar-refractivity contribution in [3.05, 3.63) is 30.6 Å². The van der Waals surface area contributed by atoms with Gasteiger partial charge in [0.1, 0.15) is 0 Å². The van der Waals surface area contributed by atoms with E-state index in [1.165, 1.54) is 0 Å². The summed E-state index contributed by atoms with van der Waals surface area (Å²) in [6.45, 7) is 4.85. The molecule has 0 amide bonds. The third-order valence-electron chi connectivity index (χ3n) is 2.97. The molecule has 0 saturated carbocycles. The van der Waals surface area contributed by atoms with Gasteiger partial charge in [0, 0.05) is 0 Å². The SMILES string of the molecule is CCOc1cnc(-c2cccc(-c3ncc(OCC)o3)[c]2[Pt+2])o1.[Br-].[Br-]. The minimum Gasteiger partial charge on any atom is -1.00 e. The van der Waals surface area contributed by atoms with E-state index in [1.807, 2.05) is 32.0 Å². The van der Waals surface area contributed by atoms with E-state index in [0.29, 0.717) is 36.9 Å². The van der Waals surface area contributed by atoms with E-state index in [4.69, 9.17) is 18.3 Å². The molecule has 0 atom stereocenters. The molecule has 0 saturated heterocycles. The molecule has 25 heavy (non-hydrogen) atoms. The van der Waals surface area contributed by atoms with E-state index >= 15 is 0 Å². The number of benzene rings is 1. The zero-order chi connectivity index (χ0) is 16.2. The van der Waals surface area contributed by atoms with E-state index in [2.05, 4.69) is 29.8 Å². The molecule has 0 spiro atoms. The first kappa shape index (κ1) is 21.9. The van der Waals surface area contributed by atoms with Crippen molar-refractivity contribution >= 4 is 3.95 Å². The van der Waals surface area contributed by atoms with Gasteiger partial charge in [-0.2, -0.15) is 0 Å². The summed E-state index contributed by atoms with van der Waals surface area (Å²) in [6, 6.07) is 5.77. The van der Waals surface area contributed by atoms with Gasteiger partial charge in [-0.1, -0.05) is 0 Å². The fourth-order valence-corrected chi connectivity index (χ4v) is 2.89. The van der Waals surface area contributed by atoms with Crippen LogP contribution in [0, 0.1) is 0 Å². The van der Waals surface area contributed by atoms with E-state index in [0.717, 1.165) is 15.1 Å². The first-order chi connectivity index (χ1) is 11.2. The van der Waals surface area contributed by atoms with Crippen molar-refractivity contribution in [2.75, 3.05) is 13.2 Å². The minimum absolute atomic E-state index is 0. The van der Waals surface area contributed by atoms with Crippen molar-refractivity contribution in [1.29, 1.82) is 0 Å². The first-order valence-electron chi connectivity index (χ1n) is 7.16. The van der Waals surface area contributed by atoms with Gasteiger partial charge in [-0.05, 0) is 0 Å². The summed E-state index contributed by atoms with van der Waals surface area (Å²) < 4.78 is 22.8. The molecule has 0 fully saturated rings. The number of halogens is 2. The van der Waals surface area contributed by atoms with Crippen molar-refractivity contribution in [3.63, 3.8) is 0 Å². The van der Waals surface area contributed by atoms with E-state index in [-0.39, 0.29) is 34.0 Å². The molecule has 0 bridgehead atoms. The number of aromatic nitrogens is 2. The summed E-state index contributed by atoms with van der Waals surface area (Å²) in [5.41, 5.74) is 1.71. The summed E-state index contributed by atoms with van der Waals surface area (Å²) in [4.78, 5) is 8.53. The second kappa shape index (κ2) is 10.1. The summed E-state index contributed by atoms with van der Waals surface area (Å²) in [7, 11) is 0. The molecule has 2 heterocycles. The maximum absolute atomic E-state index is 5.61. The Morgan fingerprint density at radius 3 is 1.72 bits per heavy atom. The molecule has 6 nitrogen and oxygen atoms in total. The average Bonchev–Trinajstić information content (AvgIpc) is 3.18. The Bertz CT molecular complexity index is 745. The topological polar surface area (TPSA) is 70.5 Å². The van der Waals surface area contributed by atoms with Crippen LogP contribution < -0.4 is 47.4 Å². The number of nitrogens with zero attached hydrogens (tertiary/aromatic N) is 2. The Labute approximate surface area is 177 Å². The van der Waals surface area contributed by atoms with Crippen LogP contribution in [-0.4, -0.2) is 23.2 Å². The fourth-order valence-electron chi connectivity index (χ4n) is 2.02. The third kappa shape index (κ3) is 4.96. The van der Waals surface area contributed by atoms with Gasteiger partial charge in [-0.3, -0.25) is 0 Å². The maximum atomic E-state index is 5.61. The van der Waals surface area contributed by atoms with Gasteiger partial charge >= 0.3 is 144 Å². The molecule has 0 unspecified atom stereocenters. The van der Waals surface area contributed by atoms with Crippen molar-refractivity contribution in [2.24, 2.45) is 0 Å². The number of hydrogen-bond donors (Lipinski definition) is 0. The van der Waals surface area contributed by atoms with Crippen LogP contribution in [0.4, 0.5) is 0 Å². The molecular weight excluding hydrogens is 639 g/mol. The van der Waals surface area contributed by atoms with Crippen molar-refractivity contribution in [1.82, 2.24) is 9.97 Å². The molecule has 3 rings (SSSR count). The summed E-state index contributed by atoms with van der Waals surface area (Å²) in [6.07, 6.45) is 3.14. The normalized spacial score (nSPS) is 9.88. The second-order valence-corrected chi connectivity index (χ2v) is 5.61. The van der Waals surface area contributed by atoms with Crippen LogP contribution in [-0.2, 0) is 19.8 Å². The van der Waals surface area contributed by atoms with Crippen LogP contribution >= 0.6 is 0 Å². The Balaban J connectivity index is 0.00000156. The van der Waals surface area contributed by atoms with Gasteiger partial charge in [0.25, 0.3) is 0 Å². The zero-order valence-corrected chi connectivity index (χ0v) is 18.8. The Morgan fingerprint density at radius 2 is 1.32 bits per heavy atom. The van der Waals surface area contributed by atoms with Crippen LogP contribution in [0.1, 0.15) is 13.8 Å². The molecular formula is C16H15Br2N2O4Pt. The van der Waals surface area contributed by atoms with Gasteiger partial charge in [-0.25, -0.2) is 0 Å². The number of hydrogen-bond acceptors (Lipinski definition) is 6. The predicted molar refractivity (Wildman–Crippen MR) is 79.4 cm³/mol. The van der Waals surface area contributed by atoms with Crippen LogP contribution in [0.15, 0.2) is 39.4 Å². The van der Waals surface area contributed by atoms with Crippen molar-refractivity contribution in [3.8, 4) is 34.8 Å². The third-order valence-corrected chi connectivity index (χ3v) is 4.19. The van der Waals surface area contributed by atoms with E-state index in [1.54, 1.807) is 12.4 Å². The Hall–Kier alpha value is -1.11.